The maximum atomic E-state index is 5.50. The van der Waals surface area contributed by atoms with E-state index >= 15 is 0 Å². The molecule has 108 valence electrons. The van der Waals surface area contributed by atoms with Gasteiger partial charge < -0.3 is 14.5 Å². The molecule has 0 radical (unpaired) electrons. The van der Waals surface area contributed by atoms with Crippen LogP contribution in [0.4, 0.5) is 5.95 Å². The number of ether oxygens (including phenoxy) is 1. The minimum absolute atomic E-state index is 0.300. The average Bonchev–Trinajstić information content (AvgIpc) is 2.74. The third-order valence-corrected chi connectivity index (χ3v) is 3.16. The lowest BCUT2D eigenvalue weighted by Gasteiger charge is -2.05. The number of hydrogen-bond donors (Lipinski definition) is 1. The Kier molecular flexibility index (Phi) is 4.78. The number of nitrogens with one attached hydrogen (secondary N) is 1. The highest BCUT2D eigenvalue weighted by Crippen LogP contribution is 2.27. The summed E-state index contributed by atoms with van der Waals surface area (Å²) in [6.07, 6.45) is 0.890. The Balaban J connectivity index is 2.21. The summed E-state index contributed by atoms with van der Waals surface area (Å²) in [5.74, 6) is 1.24. The molecule has 0 fully saturated rings. The summed E-state index contributed by atoms with van der Waals surface area (Å²) in [6.45, 7) is 6.35. The van der Waals surface area contributed by atoms with Gasteiger partial charge in [0.25, 0.3) is 5.22 Å². The maximum absolute atomic E-state index is 5.50. The molecule has 0 unspecified atom stereocenters. The minimum atomic E-state index is 0.300. The van der Waals surface area contributed by atoms with Crippen molar-refractivity contribution in [1.29, 1.82) is 0 Å². The van der Waals surface area contributed by atoms with Crippen LogP contribution in [0, 0.1) is 13.8 Å². The quantitative estimate of drug-likeness (QED) is 0.869. The number of aryl methyl sites for hydroxylation is 2. The van der Waals surface area contributed by atoms with E-state index in [2.05, 4.69) is 25.3 Å². The van der Waals surface area contributed by atoms with Gasteiger partial charge in [-0.05, 0) is 20.3 Å². The Hall–Kier alpha value is -1.83. The molecule has 7 nitrogen and oxygen atoms in total. The van der Waals surface area contributed by atoms with E-state index in [4.69, 9.17) is 9.15 Å². The average molecular weight is 295 g/mol. The lowest BCUT2D eigenvalue weighted by atomic mass is 10.4. The summed E-state index contributed by atoms with van der Waals surface area (Å²) in [5, 5.41) is 3.87. The number of aromatic nitrogens is 4. The molecule has 2 aromatic rings. The molecule has 0 atom stereocenters. The molecular weight excluding hydrogens is 278 g/mol. The fourth-order valence-electron chi connectivity index (χ4n) is 1.32. The van der Waals surface area contributed by atoms with Crippen molar-refractivity contribution < 1.29 is 9.15 Å². The Morgan fingerprint density at radius 1 is 1.20 bits per heavy atom. The molecule has 0 saturated heterocycles. The van der Waals surface area contributed by atoms with Crippen molar-refractivity contribution in [3.8, 4) is 6.01 Å². The maximum Gasteiger partial charge on any atom is 0.322 e. The predicted molar refractivity (Wildman–Crippen MR) is 75.3 cm³/mol. The van der Waals surface area contributed by atoms with Crippen LogP contribution in [0.3, 0.4) is 0 Å². The lowest BCUT2D eigenvalue weighted by Crippen LogP contribution is -2.05. The van der Waals surface area contributed by atoms with Gasteiger partial charge in [0.05, 0.1) is 12.3 Å². The van der Waals surface area contributed by atoms with Crippen molar-refractivity contribution in [2.45, 2.75) is 37.6 Å². The molecule has 0 aliphatic rings. The van der Waals surface area contributed by atoms with Crippen molar-refractivity contribution in [1.82, 2.24) is 19.9 Å². The van der Waals surface area contributed by atoms with Crippen LogP contribution < -0.4 is 10.1 Å². The topological polar surface area (TPSA) is 86.0 Å². The molecule has 20 heavy (non-hydrogen) atoms. The van der Waals surface area contributed by atoms with Crippen LogP contribution >= 0.6 is 11.8 Å². The van der Waals surface area contributed by atoms with Gasteiger partial charge in [-0.2, -0.15) is 15.0 Å². The molecule has 8 heteroatoms. The van der Waals surface area contributed by atoms with Gasteiger partial charge in [0, 0.05) is 18.8 Å². The second-order valence-electron chi connectivity index (χ2n) is 4.05. The molecule has 0 aliphatic carbocycles. The third-order valence-electron chi connectivity index (χ3n) is 2.44. The van der Waals surface area contributed by atoms with Gasteiger partial charge >= 0.3 is 6.01 Å². The smallest absolute Gasteiger partial charge is 0.322 e. The Morgan fingerprint density at radius 3 is 2.60 bits per heavy atom. The van der Waals surface area contributed by atoms with E-state index in [-0.39, 0.29) is 0 Å². The number of anilines is 1. The van der Waals surface area contributed by atoms with Gasteiger partial charge in [0.2, 0.25) is 11.1 Å². The molecule has 2 heterocycles. The molecule has 0 bridgehead atoms. The SMILES string of the molecule is CCCOc1nc(NC)nc(Sc2nc(C)c(C)o2)n1. The van der Waals surface area contributed by atoms with E-state index in [1.807, 2.05) is 20.8 Å². The summed E-state index contributed by atoms with van der Waals surface area (Å²) in [5.41, 5.74) is 0.859. The zero-order valence-corrected chi connectivity index (χ0v) is 12.7. The third kappa shape index (κ3) is 3.60. The van der Waals surface area contributed by atoms with Crippen LogP contribution in [0.2, 0.25) is 0 Å². The molecule has 2 rings (SSSR count). The highest BCUT2D eigenvalue weighted by molar-refractivity contribution is 7.98. The zero-order chi connectivity index (χ0) is 14.5. The van der Waals surface area contributed by atoms with Crippen LogP contribution in [0.25, 0.3) is 0 Å². The first kappa shape index (κ1) is 14.6. The number of oxazole rings is 1. The molecule has 2 aromatic heterocycles. The number of hydrogen-bond acceptors (Lipinski definition) is 8. The first-order valence-corrected chi connectivity index (χ1v) is 7.12. The fourth-order valence-corrected chi connectivity index (χ4v) is 2.08. The van der Waals surface area contributed by atoms with Gasteiger partial charge in [0.1, 0.15) is 5.76 Å². The predicted octanol–water partition coefficient (Wildman–Crippen LogP) is 2.46. The molecule has 0 aliphatic heterocycles. The summed E-state index contributed by atoms with van der Waals surface area (Å²) < 4.78 is 10.9. The highest BCUT2D eigenvalue weighted by atomic mass is 32.2. The minimum Gasteiger partial charge on any atom is -0.463 e. The van der Waals surface area contributed by atoms with Gasteiger partial charge in [-0.1, -0.05) is 6.92 Å². The van der Waals surface area contributed by atoms with E-state index in [0.29, 0.717) is 28.9 Å². The summed E-state index contributed by atoms with van der Waals surface area (Å²) in [6, 6.07) is 0.300. The zero-order valence-electron chi connectivity index (χ0n) is 11.9. The van der Waals surface area contributed by atoms with Crippen LogP contribution in [0.1, 0.15) is 24.8 Å². The second kappa shape index (κ2) is 6.56. The van der Waals surface area contributed by atoms with Crippen molar-refractivity contribution in [3.63, 3.8) is 0 Å². The van der Waals surface area contributed by atoms with Crippen molar-refractivity contribution in [2.24, 2.45) is 0 Å². The largest absolute Gasteiger partial charge is 0.463 e. The van der Waals surface area contributed by atoms with Gasteiger partial charge in [-0.25, -0.2) is 4.98 Å². The van der Waals surface area contributed by atoms with Gasteiger partial charge in [0.15, 0.2) is 0 Å². The van der Waals surface area contributed by atoms with E-state index in [1.165, 1.54) is 11.8 Å². The first-order chi connectivity index (χ1) is 9.62. The van der Waals surface area contributed by atoms with Crippen molar-refractivity contribution >= 4 is 17.7 Å². The second-order valence-corrected chi connectivity index (χ2v) is 4.96. The summed E-state index contributed by atoms with van der Waals surface area (Å²) in [4.78, 5) is 16.9. The normalized spacial score (nSPS) is 10.6. The molecule has 1 N–H and O–H groups in total. The number of rotatable bonds is 6. The van der Waals surface area contributed by atoms with Crippen LogP contribution in [-0.2, 0) is 0 Å². The summed E-state index contributed by atoms with van der Waals surface area (Å²) >= 11 is 1.24. The van der Waals surface area contributed by atoms with E-state index in [1.54, 1.807) is 7.05 Å². The van der Waals surface area contributed by atoms with Gasteiger partial charge in [-0.15, -0.1) is 0 Å². The Morgan fingerprint density at radius 2 is 2.00 bits per heavy atom. The monoisotopic (exact) mass is 295 g/mol. The highest BCUT2D eigenvalue weighted by Gasteiger charge is 2.13. The number of nitrogens with zero attached hydrogens (tertiary/aromatic N) is 4. The first-order valence-electron chi connectivity index (χ1n) is 6.31. The molecular formula is C12H17N5O2S. The van der Waals surface area contributed by atoms with Crippen molar-refractivity contribution in [3.05, 3.63) is 11.5 Å². The van der Waals surface area contributed by atoms with Crippen molar-refractivity contribution in [2.75, 3.05) is 19.0 Å². The van der Waals surface area contributed by atoms with E-state index in [0.717, 1.165) is 17.9 Å². The fraction of sp³-hybridized carbons (Fsp3) is 0.500. The molecule has 0 amide bonds. The van der Waals surface area contributed by atoms with E-state index in [9.17, 15) is 0 Å². The van der Waals surface area contributed by atoms with Gasteiger partial charge in [-0.3, -0.25) is 0 Å². The lowest BCUT2D eigenvalue weighted by molar-refractivity contribution is 0.288. The molecule has 0 saturated carbocycles. The molecule has 0 spiro atoms. The molecule has 0 aromatic carbocycles. The Labute approximate surface area is 121 Å². The van der Waals surface area contributed by atoms with Crippen LogP contribution in [0.15, 0.2) is 14.8 Å². The van der Waals surface area contributed by atoms with E-state index < -0.39 is 0 Å². The summed E-state index contributed by atoms with van der Waals surface area (Å²) in [7, 11) is 1.74. The van der Waals surface area contributed by atoms with Crippen LogP contribution in [0.5, 0.6) is 6.01 Å². The van der Waals surface area contributed by atoms with Crippen LogP contribution in [-0.4, -0.2) is 33.6 Å². The Bertz CT molecular complexity index is 568. The standard InChI is InChI=1S/C12H17N5O2S/c1-5-6-18-10-15-9(13-4)16-11(17-10)20-12-14-7(2)8(3)19-12/h5-6H2,1-4H3,(H,13,15,16,17).